The molecule has 0 bridgehead atoms. The van der Waals surface area contributed by atoms with Crippen LogP contribution in [0.15, 0.2) is 23.1 Å². The van der Waals surface area contributed by atoms with E-state index >= 15 is 0 Å². The molecule has 7 nitrogen and oxygen atoms in total. The lowest BCUT2D eigenvalue weighted by molar-refractivity contribution is -0.149. The summed E-state index contributed by atoms with van der Waals surface area (Å²) in [6.45, 7) is 5.24. The van der Waals surface area contributed by atoms with E-state index in [-0.39, 0.29) is 23.0 Å². The molecule has 144 valence electrons. The predicted molar refractivity (Wildman–Crippen MR) is 97.5 cm³/mol. The van der Waals surface area contributed by atoms with Crippen molar-refractivity contribution in [3.63, 3.8) is 0 Å². The van der Waals surface area contributed by atoms with E-state index in [9.17, 15) is 23.1 Å². The minimum absolute atomic E-state index is 0.00902. The highest BCUT2D eigenvalue weighted by molar-refractivity contribution is 7.89. The number of aryl methyl sites for hydroxylation is 1. The minimum Gasteiger partial charge on any atom is -0.481 e. The number of carboxylic acids is 1. The fourth-order valence-corrected chi connectivity index (χ4v) is 4.06. The second-order valence-corrected chi connectivity index (χ2v) is 8.56. The zero-order valence-electron chi connectivity index (χ0n) is 15.3. The van der Waals surface area contributed by atoms with E-state index in [4.69, 9.17) is 0 Å². The van der Waals surface area contributed by atoms with Crippen LogP contribution in [0.5, 0.6) is 0 Å². The van der Waals surface area contributed by atoms with Crippen LogP contribution in [0.4, 0.5) is 0 Å². The van der Waals surface area contributed by atoms with E-state index in [2.05, 4.69) is 10.0 Å². The molecule has 0 spiro atoms. The van der Waals surface area contributed by atoms with E-state index in [1.54, 1.807) is 26.8 Å². The summed E-state index contributed by atoms with van der Waals surface area (Å²) in [5, 5.41) is 12.1. The van der Waals surface area contributed by atoms with Gasteiger partial charge < -0.3 is 10.4 Å². The highest BCUT2D eigenvalue weighted by atomic mass is 32.2. The number of aliphatic carboxylic acids is 1. The second kappa shape index (κ2) is 7.75. The number of nitrogens with one attached hydrogen (secondary N) is 2. The van der Waals surface area contributed by atoms with E-state index < -0.39 is 27.3 Å². The van der Waals surface area contributed by atoms with Crippen molar-refractivity contribution in [2.75, 3.05) is 6.54 Å². The number of carboxylic acid groups (broad SMARTS) is 1. The Kier molecular flexibility index (Phi) is 6.08. The van der Waals surface area contributed by atoms with Crippen LogP contribution in [0, 0.1) is 12.3 Å². The average Bonchev–Trinajstić information content (AvgIpc) is 3.39. The molecule has 1 saturated carbocycles. The van der Waals surface area contributed by atoms with Gasteiger partial charge in [-0.2, -0.15) is 0 Å². The molecule has 1 amide bonds. The standard InChI is InChI=1S/C18H26N2O5S/c1-4-18(5-2,17(22)23)11-19-16(21)15-10-14(9-6-12(15)3)26(24,25)20-13-7-8-13/h6,9-10,13,20H,4-5,7-8,11H2,1-3H3,(H,19,21)(H,22,23). The molecular weight excluding hydrogens is 356 g/mol. The van der Waals surface area contributed by atoms with E-state index in [0.29, 0.717) is 18.4 Å². The first-order chi connectivity index (χ1) is 12.1. The number of benzene rings is 1. The third kappa shape index (κ3) is 4.42. The van der Waals surface area contributed by atoms with Gasteiger partial charge in [0.2, 0.25) is 10.0 Å². The molecule has 0 saturated heterocycles. The van der Waals surface area contributed by atoms with Gasteiger partial charge >= 0.3 is 5.97 Å². The zero-order valence-corrected chi connectivity index (χ0v) is 16.1. The van der Waals surface area contributed by atoms with Gasteiger partial charge in [0.15, 0.2) is 0 Å². The number of amides is 1. The van der Waals surface area contributed by atoms with Crippen LogP contribution in [0.3, 0.4) is 0 Å². The summed E-state index contributed by atoms with van der Waals surface area (Å²) < 4.78 is 27.3. The molecule has 1 aliphatic rings. The lowest BCUT2D eigenvalue weighted by atomic mass is 9.82. The van der Waals surface area contributed by atoms with Gasteiger partial charge in [0, 0.05) is 18.2 Å². The molecule has 0 aliphatic heterocycles. The van der Waals surface area contributed by atoms with Crippen molar-refractivity contribution in [1.29, 1.82) is 0 Å². The molecule has 1 aromatic carbocycles. The fraction of sp³-hybridized carbons (Fsp3) is 0.556. The average molecular weight is 382 g/mol. The van der Waals surface area contributed by atoms with Crippen molar-refractivity contribution in [3.8, 4) is 0 Å². The third-order valence-corrected chi connectivity index (χ3v) is 6.58. The number of sulfonamides is 1. The van der Waals surface area contributed by atoms with Gasteiger partial charge in [0.05, 0.1) is 10.3 Å². The topological polar surface area (TPSA) is 113 Å². The second-order valence-electron chi connectivity index (χ2n) is 6.85. The van der Waals surface area contributed by atoms with Crippen molar-refractivity contribution >= 4 is 21.9 Å². The molecule has 1 fully saturated rings. The quantitative estimate of drug-likeness (QED) is 0.605. The van der Waals surface area contributed by atoms with Gasteiger partial charge in [0.25, 0.3) is 5.91 Å². The van der Waals surface area contributed by atoms with Gasteiger partial charge in [-0.3, -0.25) is 9.59 Å². The number of rotatable bonds is 9. The minimum atomic E-state index is -3.66. The van der Waals surface area contributed by atoms with E-state index in [1.165, 1.54) is 12.1 Å². The van der Waals surface area contributed by atoms with Crippen molar-refractivity contribution in [1.82, 2.24) is 10.0 Å². The first-order valence-corrected chi connectivity index (χ1v) is 10.3. The van der Waals surface area contributed by atoms with Crippen LogP contribution in [-0.4, -0.2) is 38.0 Å². The maximum atomic E-state index is 12.6. The summed E-state index contributed by atoms with van der Waals surface area (Å²) >= 11 is 0. The number of hydrogen-bond donors (Lipinski definition) is 3. The maximum absolute atomic E-state index is 12.6. The van der Waals surface area contributed by atoms with Crippen LogP contribution in [-0.2, 0) is 14.8 Å². The highest BCUT2D eigenvalue weighted by Gasteiger charge is 2.35. The van der Waals surface area contributed by atoms with Gasteiger partial charge in [0.1, 0.15) is 0 Å². The zero-order chi connectivity index (χ0) is 19.5. The monoisotopic (exact) mass is 382 g/mol. The molecule has 0 radical (unpaired) electrons. The van der Waals surface area contributed by atoms with Crippen LogP contribution in [0.1, 0.15) is 55.5 Å². The number of carbonyl (C=O) groups excluding carboxylic acids is 1. The summed E-state index contributed by atoms with van der Waals surface area (Å²) in [5.74, 6) is -1.43. The van der Waals surface area contributed by atoms with Gasteiger partial charge in [-0.15, -0.1) is 0 Å². The Labute approximate surface area is 154 Å². The molecule has 26 heavy (non-hydrogen) atoms. The fourth-order valence-electron chi connectivity index (χ4n) is 2.72. The van der Waals surface area contributed by atoms with Crippen molar-refractivity contribution in [2.24, 2.45) is 5.41 Å². The molecule has 1 aliphatic carbocycles. The maximum Gasteiger partial charge on any atom is 0.311 e. The lowest BCUT2D eigenvalue weighted by Crippen LogP contribution is -2.42. The van der Waals surface area contributed by atoms with Crippen LogP contribution in [0.25, 0.3) is 0 Å². The summed E-state index contributed by atoms with van der Waals surface area (Å²) in [5.41, 5.74) is -0.169. The highest BCUT2D eigenvalue weighted by Crippen LogP contribution is 2.26. The van der Waals surface area contributed by atoms with Crippen molar-refractivity contribution < 1.29 is 23.1 Å². The van der Waals surface area contributed by atoms with Crippen LogP contribution < -0.4 is 10.0 Å². The van der Waals surface area contributed by atoms with E-state index in [0.717, 1.165) is 12.8 Å². The van der Waals surface area contributed by atoms with Crippen molar-refractivity contribution in [2.45, 2.75) is 57.4 Å². The van der Waals surface area contributed by atoms with Gasteiger partial charge in [-0.25, -0.2) is 13.1 Å². The normalized spacial score (nSPS) is 14.9. The first kappa shape index (κ1) is 20.4. The third-order valence-electron chi connectivity index (χ3n) is 5.06. The molecule has 2 rings (SSSR count). The molecular formula is C18H26N2O5S. The molecule has 0 heterocycles. The molecule has 0 aromatic heterocycles. The van der Waals surface area contributed by atoms with Crippen LogP contribution in [0.2, 0.25) is 0 Å². The molecule has 0 unspecified atom stereocenters. The Balaban J connectivity index is 2.20. The Hall–Kier alpha value is -1.93. The summed E-state index contributed by atoms with van der Waals surface area (Å²) in [7, 11) is -3.66. The Morgan fingerprint density at radius 2 is 1.85 bits per heavy atom. The Bertz CT molecular complexity index is 796. The van der Waals surface area contributed by atoms with Crippen molar-refractivity contribution in [3.05, 3.63) is 29.3 Å². The van der Waals surface area contributed by atoms with Crippen LogP contribution >= 0.6 is 0 Å². The summed E-state index contributed by atoms with van der Waals surface area (Å²) in [6, 6.07) is 4.37. The smallest absolute Gasteiger partial charge is 0.311 e. The largest absolute Gasteiger partial charge is 0.481 e. The van der Waals surface area contributed by atoms with E-state index in [1.807, 2.05) is 0 Å². The van der Waals surface area contributed by atoms with Gasteiger partial charge in [-0.05, 0) is 50.3 Å². The predicted octanol–water partition coefficient (Wildman–Crippen LogP) is 2.06. The Morgan fingerprint density at radius 1 is 1.23 bits per heavy atom. The molecule has 0 atom stereocenters. The van der Waals surface area contributed by atoms with Gasteiger partial charge in [-0.1, -0.05) is 19.9 Å². The lowest BCUT2D eigenvalue weighted by Gasteiger charge is -2.27. The summed E-state index contributed by atoms with van der Waals surface area (Å²) in [6.07, 6.45) is 2.42. The number of hydrogen-bond acceptors (Lipinski definition) is 4. The molecule has 1 aromatic rings. The number of carbonyl (C=O) groups is 2. The first-order valence-electron chi connectivity index (χ1n) is 8.80. The molecule has 8 heteroatoms. The molecule has 3 N–H and O–H groups in total. The Morgan fingerprint density at radius 3 is 2.35 bits per heavy atom. The summed E-state index contributed by atoms with van der Waals surface area (Å²) in [4.78, 5) is 24.2. The SMILES string of the molecule is CCC(CC)(CNC(=O)c1cc(S(=O)(=O)NC2CC2)ccc1C)C(=O)O.